The minimum absolute atomic E-state index is 0.212. The van der Waals surface area contributed by atoms with Crippen LogP contribution in [-0.4, -0.2) is 45.2 Å². The van der Waals surface area contributed by atoms with Crippen molar-refractivity contribution < 1.29 is 9.84 Å². The molecule has 3 heterocycles. The molecule has 2 atom stereocenters. The Hall–Kier alpha value is -2.05. The Morgan fingerprint density at radius 1 is 1.12 bits per heavy atom. The summed E-state index contributed by atoms with van der Waals surface area (Å²) in [6, 6.07) is 4.45. The standard InChI is InChI=1S/C20H26N4O2/c1-14-6-7-18(21-8-14)20(25)16-4-3-5-17(20)13-24(12-16)11-15-9-22-19(26-2)23-10-15/h6-10,16-17,25H,3-5,11-13H2,1-2H3. The molecule has 2 bridgehead atoms. The lowest BCUT2D eigenvalue weighted by molar-refractivity contribution is -0.151. The molecule has 2 aromatic rings. The third kappa shape index (κ3) is 3.08. The smallest absolute Gasteiger partial charge is 0.316 e. The molecule has 6 heteroatoms. The summed E-state index contributed by atoms with van der Waals surface area (Å²) in [5.74, 6) is 0.425. The van der Waals surface area contributed by atoms with Gasteiger partial charge in [0.2, 0.25) is 0 Å². The number of aromatic nitrogens is 3. The Morgan fingerprint density at radius 3 is 2.38 bits per heavy atom. The number of ether oxygens (including phenoxy) is 1. The summed E-state index contributed by atoms with van der Waals surface area (Å²) < 4.78 is 5.03. The van der Waals surface area contributed by atoms with Gasteiger partial charge < -0.3 is 9.84 Å². The monoisotopic (exact) mass is 354 g/mol. The first-order chi connectivity index (χ1) is 12.6. The third-order valence-electron chi connectivity index (χ3n) is 5.90. The van der Waals surface area contributed by atoms with E-state index in [-0.39, 0.29) is 11.8 Å². The van der Waals surface area contributed by atoms with Crippen molar-refractivity contribution in [3.8, 4) is 6.01 Å². The van der Waals surface area contributed by atoms with Gasteiger partial charge in [-0.3, -0.25) is 9.88 Å². The number of aliphatic hydroxyl groups is 1. The van der Waals surface area contributed by atoms with E-state index in [0.29, 0.717) is 6.01 Å². The lowest BCUT2D eigenvalue weighted by Crippen LogP contribution is -2.58. The number of hydrogen-bond acceptors (Lipinski definition) is 6. The molecule has 2 aromatic heterocycles. The summed E-state index contributed by atoms with van der Waals surface area (Å²) in [5.41, 5.74) is 2.23. The Kier molecular flexibility index (Phi) is 4.63. The van der Waals surface area contributed by atoms with Gasteiger partial charge >= 0.3 is 6.01 Å². The van der Waals surface area contributed by atoms with E-state index in [1.165, 1.54) is 6.42 Å². The molecule has 2 aliphatic rings. The van der Waals surface area contributed by atoms with Crippen LogP contribution in [0, 0.1) is 18.8 Å². The summed E-state index contributed by atoms with van der Waals surface area (Å²) in [6.07, 6.45) is 8.78. The molecule has 1 saturated heterocycles. The number of fused-ring (bicyclic) bond motifs is 2. The maximum absolute atomic E-state index is 11.6. The van der Waals surface area contributed by atoms with Gasteiger partial charge in [-0.2, -0.15) is 0 Å². The topological polar surface area (TPSA) is 71.4 Å². The minimum atomic E-state index is -0.807. The van der Waals surface area contributed by atoms with Crippen LogP contribution in [0.2, 0.25) is 0 Å². The Morgan fingerprint density at radius 2 is 1.81 bits per heavy atom. The molecule has 6 nitrogen and oxygen atoms in total. The molecule has 1 N–H and O–H groups in total. The Labute approximate surface area is 154 Å². The van der Waals surface area contributed by atoms with E-state index in [0.717, 1.165) is 49.3 Å². The summed E-state index contributed by atoms with van der Waals surface area (Å²) in [4.78, 5) is 15.4. The van der Waals surface area contributed by atoms with E-state index in [9.17, 15) is 5.11 Å². The zero-order valence-electron chi connectivity index (χ0n) is 15.4. The van der Waals surface area contributed by atoms with E-state index < -0.39 is 5.60 Å². The molecule has 138 valence electrons. The largest absolute Gasteiger partial charge is 0.467 e. The van der Waals surface area contributed by atoms with Crippen molar-refractivity contribution in [3.05, 3.63) is 47.5 Å². The summed E-state index contributed by atoms with van der Waals surface area (Å²) in [6.45, 7) is 4.57. The predicted octanol–water partition coefficient (Wildman–Crippen LogP) is 2.31. The van der Waals surface area contributed by atoms with Crippen LogP contribution >= 0.6 is 0 Å². The second-order valence-electron chi connectivity index (χ2n) is 7.64. The normalized spacial score (nSPS) is 28.7. The highest BCUT2D eigenvalue weighted by Gasteiger charge is 2.52. The highest BCUT2D eigenvalue weighted by atomic mass is 16.5. The quantitative estimate of drug-likeness (QED) is 0.908. The molecule has 2 fully saturated rings. The predicted molar refractivity (Wildman–Crippen MR) is 97.6 cm³/mol. The fourth-order valence-electron chi connectivity index (χ4n) is 4.58. The molecule has 0 aromatic carbocycles. The van der Waals surface area contributed by atoms with Gasteiger partial charge in [0.15, 0.2) is 0 Å². The highest BCUT2D eigenvalue weighted by molar-refractivity contribution is 5.22. The Bertz CT molecular complexity index is 733. The van der Waals surface area contributed by atoms with Crippen LogP contribution in [0.3, 0.4) is 0 Å². The molecule has 4 rings (SSSR count). The fraction of sp³-hybridized carbons (Fsp3) is 0.550. The average Bonchev–Trinajstić information content (AvgIpc) is 2.64. The first-order valence-corrected chi connectivity index (χ1v) is 9.32. The SMILES string of the molecule is COc1ncc(CN2CC3CCCC(C2)C3(O)c2ccc(C)cn2)cn1. The summed E-state index contributed by atoms with van der Waals surface area (Å²) >= 11 is 0. The number of pyridine rings is 1. The van der Waals surface area contributed by atoms with Crippen molar-refractivity contribution in [2.45, 2.75) is 38.3 Å². The van der Waals surface area contributed by atoms with Crippen LogP contribution in [0.1, 0.15) is 36.1 Å². The van der Waals surface area contributed by atoms with Crippen LogP contribution in [0.4, 0.5) is 0 Å². The molecular formula is C20H26N4O2. The van der Waals surface area contributed by atoms with Crippen LogP contribution in [-0.2, 0) is 12.1 Å². The maximum atomic E-state index is 11.6. The van der Waals surface area contributed by atoms with E-state index >= 15 is 0 Å². The van der Waals surface area contributed by atoms with Gasteiger partial charge in [-0.05, 0) is 31.4 Å². The fourth-order valence-corrected chi connectivity index (χ4v) is 4.58. The van der Waals surface area contributed by atoms with E-state index in [1.807, 2.05) is 31.6 Å². The van der Waals surface area contributed by atoms with Crippen molar-refractivity contribution in [2.75, 3.05) is 20.2 Å². The molecule has 1 aliphatic carbocycles. The zero-order chi connectivity index (χ0) is 18.1. The molecule has 0 radical (unpaired) electrons. The van der Waals surface area contributed by atoms with Gasteiger partial charge in [-0.15, -0.1) is 0 Å². The minimum Gasteiger partial charge on any atom is -0.467 e. The van der Waals surface area contributed by atoms with E-state index in [4.69, 9.17) is 4.74 Å². The number of likely N-dealkylation sites (tertiary alicyclic amines) is 1. The summed E-state index contributed by atoms with van der Waals surface area (Å²) in [7, 11) is 1.57. The molecule has 1 aliphatic heterocycles. The van der Waals surface area contributed by atoms with E-state index in [1.54, 1.807) is 7.11 Å². The second-order valence-corrected chi connectivity index (χ2v) is 7.64. The molecule has 26 heavy (non-hydrogen) atoms. The number of hydrogen-bond donors (Lipinski definition) is 1. The Balaban J connectivity index is 1.53. The number of piperidine rings is 1. The molecule has 2 unspecified atom stereocenters. The maximum Gasteiger partial charge on any atom is 0.316 e. The van der Waals surface area contributed by atoms with Crippen molar-refractivity contribution in [1.82, 2.24) is 19.9 Å². The van der Waals surface area contributed by atoms with Gasteiger partial charge in [0.05, 0.1) is 12.8 Å². The lowest BCUT2D eigenvalue weighted by atomic mass is 9.64. The number of rotatable bonds is 4. The molecule has 0 spiro atoms. The van der Waals surface area contributed by atoms with Crippen LogP contribution in [0.5, 0.6) is 6.01 Å². The molecule has 0 amide bonds. The van der Waals surface area contributed by atoms with Crippen molar-refractivity contribution in [1.29, 1.82) is 0 Å². The van der Waals surface area contributed by atoms with Crippen LogP contribution in [0.25, 0.3) is 0 Å². The highest BCUT2D eigenvalue weighted by Crippen LogP contribution is 2.48. The van der Waals surface area contributed by atoms with Crippen molar-refractivity contribution >= 4 is 0 Å². The van der Waals surface area contributed by atoms with Crippen molar-refractivity contribution in [3.63, 3.8) is 0 Å². The van der Waals surface area contributed by atoms with Gasteiger partial charge in [-0.1, -0.05) is 12.5 Å². The van der Waals surface area contributed by atoms with Gasteiger partial charge in [0.1, 0.15) is 5.60 Å². The first-order valence-electron chi connectivity index (χ1n) is 9.32. The zero-order valence-corrected chi connectivity index (χ0v) is 15.4. The van der Waals surface area contributed by atoms with Crippen molar-refractivity contribution in [2.24, 2.45) is 11.8 Å². The first kappa shape index (κ1) is 17.4. The van der Waals surface area contributed by atoms with Gasteiger partial charge in [0.25, 0.3) is 0 Å². The van der Waals surface area contributed by atoms with E-state index in [2.05, 4.69) is 25.9 Å². The number of nitrogens with zero attached hydrogens (tertiary/aromatic N) is 4. The van der Waals surface area contributed by atoms with Crippen LogP contribution < -0.4 is 4.74 Å². The lowest BCUT2D eigenvalue weighted by Gasteiger charge is -2.52. The molecular weight excluding hydrogens is 328 g/mol. The van der Waals surface area contributed by atoms with Gasteiger partial charge in [-0.25, -0.2) is 9.97 Å². The number of methoxy groups -OCH3 is 1. The van der Waals surface area contributed by atoms with Gasteiger partial charge in [0, 0.05) is 55.6 Å². The second kappa shape index (κ2) is 6.93. The average molecular weight is 354 g/mol. The van der Waals surface area contributed by atoms with Crippen LogP contribution in [0.15, 0.2) is 30.7 Å². The molecule has 1 saturated carbocycles. The number of aryl methyl sites for hydroxylation is 1. The summed E-state index contributed by atoms with van der Waals surface area (Å²) in [5, 5.41) is 11.6. The third-order valence-corrected chi connectivity index (χ3v) is 5.90.